The molecule has 1 unspecified atom stereocenters. The highest BCUT2D eigenvalue weighted by molar-refractivity contribution is 5.48. The van der Waals surface area contributed by atoms with Crippen molar-refractivity contribution >= 4 is 11.6 Å². The van der Waals surface area contributed by atoms with Gasteiger partial charge in [-0.05, 0) is 44.2 Å². The minimum absolute atomic E-state index is 0.259. The Morgan fingerprint density at radius 1 is 1.42 bits per heavy atom. The minimum atomic E-state index is 0.259. The monoisotopic (exact) mass is 263 g/mol. The van der Waals surface area contributed by atoms with Crippen molar-refractivity contribution in [2.75, 3.05) is 29.9 Å². The van der Waals surface area contributed by atoms with E-state index in [4.69, 9.17) is 4.98 Å². The van der Waals surface area contributed by atoms with Gasteiger partial charge in [-0.2, -0.15) is 0 Å². The predicted octanol–water partition coefficient (Wildman–Crippen LogP) is 2.64. The van der Waals surface area contributed by atoms with Gasteiger partial charge in [0.1, 0.15) is 11.6 Å². The number of rotatable bonds is 6. The smallest absolute Gasteiger partial charge is 0.131 e. The molecule has 4 nitrogen and oxygen atoms in total. The average Bonchev–Trinajstić information content (AvgIpc) is 2.46. The number of anilines is 2. The topological polar surface area (TPSA) is 48.4 Å². The fourth-order valence-corrected chi connectivity index (χ4v) is 2.69. The van der Waals surface area contributed by atoms with E-state index in [-0.39, 0.29) is 6.61 Å². The summed E-state index contributed by atoms with van der Waals surface area (Å²) < 4.78 is 0. The number of aliphatic hydroxyl groups excluding tert-OH is 1. The Hall–Kier alpha value is -1.29. The zero-order chi connectivity index (χ0) is 13.5. The lowest BCUT2D eigenvalue weighted by atomic mass is 9.99. The molecule has 1 aliphatic rings. The van der Waals surface area contributed by atoms with Gasteiger partial charge in [-0.15, -0.1) is 0 Å². The summed E-state index contributed by atoms with van der Waals surface area (Å²) in [6.45, 7) is 4.42. The van der Waals surface area contributed by atoms with Gasteiger partial charge in [0, 0.05) is 25.7 Å². The maximum absolute atomic E-state index is 9.19. The molecule has 1 aliphatic heterocycles. The summed E-state index contributed by atoms with van der Waals surface area (Å²) in [7, 11) is 0. The van der Waals surface area contributed by atoms with E-state index in [1.54, 1.807) is 0 Å². The van der Waals surface area contributed by atoms with Crippen LogP contribution < -0.4 is 10.2 Å². The fraction of sp³-hybridized carbons (Fsp3) is 0.667. The van der Waals surface area contributed by atoms with E-state index in [2.05, 4.69) is 29.3 Å². The van der Waals surface area contributed by atoms with E-state index in [0.29, 0.717) is 6.04 Å². The van der Waals surface area contributed by atoms with Crippen LogP contribution in [-0.4, -0.2) is 35.8 Å². The van der Waals surface area contributed by atoms with Crippen LogP contribution in [0, 0.1) is 0 Å². The molecular weight excluding hydrogens is 238 g/mol. The highest BCUT2D eigenvalue weighted by atomic mass is 16.3. The largest absolute Gasteiger partial charge is 0.396 e. The van der Waals surface area contributed by atoms with Gasteiger partial charge in [0.25, 0.3) is 0 Å². The standard InChI is InChI=1S/C15H25N3O/c1-2-10-16-14-7-5-8-15(17-14)18-11-4-3-6-13(18)9-12-19/h5,7-8,13,19H,2-4,6,9-12H2,1H3,(H,16,17). The van der Waals surface area contributed by atoms with E-state index in [9.17, 15) is 5.11 Å². The number of hydrogen-bond donors (Lipinski definition) is 2. The average molecular weight is 263 g/mol. The van der Waals surface area contributed by atoms with Gasteiger partial charge in [0.15, 0.2) is 0 Å². The number of nitrogens with zero attached hydrogens (tertiary/aromatic N) is 2. The van der Waals surface area contributed by atoms with Gasteiger partial charge in [0.05, 0.1) is 0 Å². The molecule has 0 aromatic carbocycles. The summed E-state index contributed by atoms with van der Waals surface area (Å²) in [5, 5.41) is 12.5. The summed E-state index contributed by atoms with van der Waals surface area (Å²) in [5.74, 6) is 1.99. The molecule has 19 heavy (non-hydrogen) atoms. The lowest BCUT2D eigenvalue weighted by molar-refractivity contribution is 0.262. The first-order valence-corrected chi connectivity index (χ1v) is 7.43. The van der Waals surface area contributed by atoms with Crippen molar-refractivity contribution < 1.29 is 5.11 Å². The Kier molecular flexibility index (Phi) is 5.45. The maximum Gasteiger partial charge on any atom is 0.131 e. The van der Waals surface area contributed by atoms with Crippen LogP contribution in [0.5, 0.6) is 0 Å². The molecule has 2 heterocycles. The van der Waals surface area contributed by atoms with Crippen molar-refractivity contribution in [2.24, 2.45) is 0 Å². The van der Waals surface area contributed by atoms with Gasteiger partial charge in [-0.25, -0.2) is 4.98 Å². The number of aliphatic hydroxyl groups is 1. The summed E-state index contributed by atoms with van der Waals surface area (Å²) >= 11 is 0. The Balaban J connectivity index is 2.09. The highest BCUT2D eigenvalue weighted by Crippen LogP contribution is 2.25. The molecule has 0 saturated carbocycles. The van der Waals surface area contributed by atoms with Gasteiger partial charge >= 0.3 is 0 Å². The number of pyridine rings is 1. The number of nitrogens with one attached hydrogen (secondary N) is 1. The van der Waals surface area contributed by atoms with Crippen LogP contribution in [0.25, 0.3) is 0 Å². The summed E-state index contributed by atoms with van der Waals surface area (Å²) in [6, 6.07) is 6.59. The van der Waals surface area contributed by atoms with Crippen molar-refractivity contribution in [1.29, 1.82) is 0 Å². The van der Waals surface area contributed by atoms with Gasteiger partial charge in [-0.1, -0.05) is 13.0 Å². The van der Waals surface area contributed by atoms with Crippen molar-refractivity contribution in [3.63, 3.8) is 0 Å². The van der Waals surface area contributed by atoms with Crippen molar-refractivity contribution in [1.82, 2.24) is 4.98 Å². The first kappa shape index (κ1) is 14.1. The number of piperidine rings is 1. The second-order valence-corrected chi connectivity index (χ2v) is 5.16. The summed E-state index contributed by atoms with van der Waals surface area (Å²) in [6.07, 6.45) is 5.58. The van der Waals surface area contributed by atoms with Gasteiger partial charge in [0.2, 0.25) is 0 Å². The molecule has 106 valence electrons. The van der Waals surface area contributed by atoms with Crippen molar-refractivity contribution in [3.05, 3.63) is 18.2 Å². The Morgan fingerprint density at radius 3 is 3.11 bits per heavy atom. The number of aromatic nitrogens is 1. The van der Waals surface area contributed by atoms with Gasteiger partial charge < -0.3 is 15.3 Å². The molecule has 0 bridgehead atoms. The molecule has 0 amide bonds. The zero-order valence-corrected chi connectivity index (χ0v) is 11.8. The molecule has 4 heteroatoms. The van der Waals surface area contributed by atoms with Crippen LogP contribution in [0.3, 0.4) is 0 Å². The predicted molar refractivity (Wildman–Crippen MR) is 79.7 cm³/mol. The lowest BCUT2D eigenvalue weighted by Gasteiger charge is -2.36. The summed E-state index contributed by atoms with van der Waals surface area (Å²) in [5.41, 5.74) is 0. The quantitative estimate of drug-likeness (QED) is 0.828. The molecule has 1 aromatic rings. The molecular formula is C15H25N3O. The Labute approximate surface area is 115 Å². The van der Waals surface area contributed by atoms with Crippen LogP contribution in [0.1, 0.15) is 39.0 Å². The second kappa shape index (κ2) is 7.34. The third-order valence-electron chi connectivity index (χ3n) is 3.67. The zero-order valence-electron chi connectivity index (χ0n) is 11.8. The van der Waals surface area contributed by atoms with Crippen LogP contribution in [0.2, 0.25) is 0 Å². The molecule has 2 N–H and O–H groups in total. The summed E-state index contributed by atoms with van der Waals surface area (Å²) in [4.78, 5) is 7.06. The van der Waals surface area contributed by atoms with Crippen LogP contribution in [0.4, 0.5) is 11.6 Å². The Morgan fingerprint density at radius 2 is 2.32 bits per heavy atom. The maximum atomic E-state index is 9.19. The third kappa shape index (κ3) is 3.83. The van der Waals surface area contributed by atoms with E-state index >= 15 is 0 Å². The minimum Gasteiger partial charge on any atom is -0.396 e. The molecule has 2 rings (SSSR count). The van der Waals surface area contributed by atoms with Crippen LogP contribution in [0.15, 0.2) is 18.2 Å². The SMILES string of the molecule is CCCNc1cccc(N2CCCCC2CCO)n1. The van der Waals surface area contributed by atoms with E-state index in [1.165, 1.54) is 12.8 Å². The highest BCUT2D eigenvalue weighted by Gasteiger charge is 2.23. The van der Waals surface area contributed by atoms with Gasteiger partial charge in [-0.3, -0.25) is 0 Å². The molecule has 1 atom stereocenters. The third-order valence-corrected chi connectivity index (χ3v) is 3.67. The first-order chi connectivity index (χ1) is 9.35. The molecule has 1 saturated heterocycles. The lowest BCUT2D eigenvalue weighted by Crippen LogP contribution is -2.40. The fourth-order valence-electron chi connectivity index (χ4n) is 2.69. The molecule has 1 aromatic heterocycles. The molecule has 0 spiro atoms. The van der Waals surface area contributed by atoms with Crippen LogP contribution >= 0.6 is 0 Å². The normalized spacial score (nSPS) is 19.5. The van der Waals surface area contributed by atoms with E-state index < -0.39 is 0 Å². The first-order valence-electron chi connectivity index (χ1n) is 7.43. The van der Waals surface area contributed by atoms with E-state index in [1.807, 2.05) is 6.07 Å². The van der Waals surface area contributed by atoms with Crippen molar-refractivity contribution in [2.45, 2.75) is 45.1 Å². The van der Waals surface area contributed by atoms with Crippen molar-refractivity contribution in [3.8, 4) is 0 Å². The van der Waals surface area contributed by atoms with E-state index in [0.717, 1.165) is 44.0 Å². The Bertz CT molecular complexity index is 381. The van der Waals surface area contributed by atoms with Crippen LogP contribution in [-0.2, 0) is 0 Å². The molecule has 0 radical (unpaired) electrons. The molecule has 0 aliphatic carbocycles. The number of hydrogen-bond acceptors (Lipinski definition) is 4. The second-order valence-electron chi connectivity index (χ2n) is 5.16. The molecule has 1 fully saturated rings.